The number of aromatic nitrogens is 3. The Balaban J connectivity index is 2.52. The zero-order valence-electron chi connectivity index (χ0n) is 9.87. The molecule has 0 spiro atoms. The Bertz CT molecular complexity index is 606. The molecular formula is C11H10ClF3N4. The lowest BCUT2D eigenvalue weighted by molar-refractivity contribution is -0.137. The SMILES string of the molecule is CCc1cc(N)nn1-c1ncc(C(F)(F)F)cc1Cl. The Morgan fingerprint density at radius 3 is 2.58 bits per heavy atom. The fourth-order valence-electron chi connectivity index (χ4n) is 1.62. The number of nitrogens with zero attached hydrogens (tertiary/aromatic N) is 3. The number of rotatable bonds is 2. The molecule has 0 aromatic carbocycles. The number of anilines is 1. The van der Waals surface area contributed by atoms with Gasteiger partial charge in [0.1, 0.15) is 5.82 Å². The maximum absolute atomic E-state index is 12.5. The maximum Gasteiger partial charge on any atom is 0.417 e. The van der Waals surface area contributed by atoms with E-state index in [4.69, 9.17) is 17.3 Å². The van der Waals surface area contributed by atoms with Gasteiger partial charge < -0.3 is 5.73 Å². The molecule has 0 bridgehead atoms. The summed E-state index contributed by atoms with van der Waals surface area (Å²) in [5, 5.41) is 3.84. The van der Waals surface area contributed by atoms with Crippen LogP contribution < -0.4 is 5.73 Å². The van der Waals surface area contributed by atoms with Gasteiger partial charge in [-0.1, -0.05) is 18.5 Å². The quantitative estimate of drug-likeness (QED) is 0.924. The van der Waals surface area contributed by atoms with E-state index < -0.39 is 11.7 Å². The van der Waals surface area contributed by atoms with E-state index in [1.54, 1.807) is 6.07 Å². The van der Waals surface area contributed by atoms with Crippen LogP contribution in [0.3, 0.4) is 0 Å². The number of hydrogen-bond acceptors (Lipinski definition) is 3. The Morgan fingerprint density at radius 2 is 2.05 bits per heavy atom. The van der Waals surface area contributed by atoms with Gasteiger partial charge in [0, 0.05) is 18.0 Å². The molecule has 0 aliphatic rings. The third-order valence-electron chi connectivity index (χ3n) is 2.51. The zero-order valence-corrected chi connectivity index (χ0v) is 10.6. The van der Waals surface area contributed by atoms with Gasteiger partial charge in [0.05, 0.1) is 10.6 Å². The van der Waals surface area contributed by atoms with E-state index in [2.05, 4.69) is 10.1 Å². The molecule has 0 amide bonds. The van der Waals surface area contributed by atoms with Gasteiger partial charge in [-0.05, 0) is 12.5 Å². The lowest BCUT2D eigenvalue weighted by Crippen LogP contribution is -2.09. The summed E-state index contributed by atoms with van der Waals surface area (Å²) in [6, 6.07) is 2.44. The van der Waals surface area contributed by atoms with Gasteiger partial charge in [-0.25, -0.2) is 9.67 Å². The normalized spacial score (nSPS) is 11.8. The standard InChI is InChI=1S/C11H10ClF3N4/c1-2-7-4-9(16)18-19(7)10-8(12)3-6(5-17-10)11(13,14)15/h3-5H,2H2,1H3,(H2,16,18). The molecule has 2 aromatic rings. The summed E-state index contributed by atoms with van der Waals surface area (Å²) in [5.41, 5.74) is 5.37. The number of hydrogen-bond donors (Lipinski definition) is 1. The minimum Gasteiger partial charge on any atom is -0.382 e. The molecule has 2 N–H and O–H groups in total. The predicted molar refractivity (Wildman–Crippen MR) is 65.2 cm³/mol. The summed E-state index contributed by atoms with van der Waals surface area (Å²) in [5.74, 6) is 0.387. The smallest absolute Gasteiger partial charge is 0.382 e. The molecule has 0 fully saturated rings. The lowest BCUT2D eigenvalue weighted by Gasteiger charge is -2.10. The van der Waals surface area contributed by atoms with E-state index in [0.29, 0.717) is 12.1 Å². The van der Waals surface area contributed by atoms with E-state index in [1.165, 1.54) is 4.68 Å². The summed E-state index contributed by atoms with van der Waals surface area (Å²) >= 11 is 5.84. The summed E-state index contributed by atoms with van der Waals surface area (Å²) in [7, 11) is 0. The molecule has 2 heterocycles. The largest absolute Gasteiger partial charge is 0.417 e. The number of alkyl halides is 3. The van der Waals surface area contributed by atoms with Crippen molar-refractivity contribution in [1.29, 1.82) is 0 Å². The average molecular weight is 291 g/mol. The third kappa shape index (κ3) is 2.65. The van der Waals surface area contributed by atoms with Crippen molar-refractivity contribution in [3.63, 3.8) is 0 Å². The molecule has 2 rings (SSSR count). The Morgan fingerprint density at radius 1 is 1.37 bits per heavy atom. The van der Waals surface area contributed by atoms with Crippen LogP contribution in [0, 0.1) is 0 Å². The molecule has 0 aliphatic carbocycles. The van der Waals surface area contributed by atoms with E-state index in [0.717, 1.165) is 12.3 Å². The van der Waals surface area contributed by atoms with Gasteiger partial charge in [-0.15, -0.1) is 5.10 Å². The molecule has 0 atom stereocenters. The van der Waals surface area contributed by atoms with Crippen molar-refractivity contribution in [3.05, 3.63) is 34.6 Å². The van der Waals surface area contributed by atoms with Gasteiger partial charge in [-0.3, -0.25) is 0 Å². The minimum atomic E-state index is -4.48. The lowest BCUT2D eigenvalue weighted by atomic mass is 10.2. The van der Waals surface area contributed by atoms with Crippen molar-refractivity contribution in [2.24, 2.45) is 0 Å². The van der Waals surface area contributed by atoms with Gasteiger partial charge in [0.25, 0.3) is 0 Å². The minimum absolute atomic E-state index is 0.128. The number of nitrogens with two attached hydrogens (primary N) is 1. The van der Waals surface area contributed by atoms with E-state index in [1.807, 2.05) is 6.92 Å². The van der Waals surface area contributed by atoms with Crippen molar-refractivity contribution < 1.29 is 13.2 Å². The second-order valence-electron chi connectivity index (χ2n) is 3.85. The summed E-state index contributed by atoms with van der Waals surface area (Å²) in [4.78, 5) is 3.73. The van der Waals surface area contributed by atoms with E-state index in [-0.39, 0.29) is 16.7 Å². The van der Waals surface area contributed by atoms with E-state index in [9.17, 15) is 13.2 Å². The molecule has 0 saturated heterocycles. The van der Waals surface area contributed by atoms with Gasteiger partial charge >= 0.3 is 6.18 Å². The molecule has 4 nitrogen and oxygen atoms in total. The fraction of sp³-hybridized carbons (Fsp3) is 0.273. The first kappa shape index (κ1) is 13.7. The van der Waals surface area contributed by atoms with Crippen molar-refractivity contribution in [2.45, 2.75) is 19.5 Å². The number of pyridine rings is 1. The van der Waals surface area contributed by atoms with Crippen molar-refractivity contribution in [1.82, 2.24) is 14.8 Å². The van der Waals surface area contributed by atoms with Crippen LogP contribution in [0.1, 0.15) is 18.2 Å². The average Bonchev–Trinajstić information content (AvgIpc) is 2.69. The Hall–Kier alpha value is -1.76. The summed E-state index contributed by atoms with van der Waals surface area (Å²) < 4.78 is 38.9. The Kier molecular flexibility index (Phi) is 3.40. The Labute approximate surface area is 112 Å². The van der Waals surface area contributed by atoms with Crippen LogP contribution in [-0.2, 0) is 12.6 Å². The molecule has 0 aliphatic heterocycles. The fourth-order valence-corrected chi connectivity index (χ4v) is 1.86. The van der Waals surface area contributed by atoms with Crippen LogP contribution in [0.2, 0.25) is 5.02 Å². The predicted octanol–water partition coefficient (Wildman–Crippen LogP) is 3.08. The molecule has 0 unspecified atom stereocenters. The highest BCUT2D eigenvalue weighted by Crippen LogP contribution is 2.32. The highest BCUT2D eigenvalue weighted by atomic mass is 35.5. The molecule has 19 heavy (non-hydrogen) atoms. The van der Waals surface area contributed by atoms with Crippen LogP contribution in [-0.4, -0.2) is 14.8 Å². The topological polar surface area (TPSA) is 56.7 Å². The second kappa shape index (κ2) is 4.73. The van der Waals surface area contributed by atoms with Crippen LogP contribution in [0.5, 0.6) is 0 Å². The summed E-state index contributed by atoms with van der Waals surface area (Å²) in [6.45, 7) is 1.87. The molecule has 2 aromatic heterocycles. The van der Waals surface area contributed by atoms with Crippen molar-refractivity contribution in [3.8, 4) is 5.82 Å². The van der Waals surface area contributed by atoms with Crippen molar-refractivity contribution in [2.75, 3.05) is 5.73 Å². The van der Waals surface area contributed by atoms with Gasteiger partial charge in [-0.2, -0.15) is 13.2 Å². The number of halogens is 4. The maximum atomic E-state index is 12.5. The first-order chi connectivity index (χ1) is 8.82. The highest BCUT2D eigenvalue weighted by Gasteiger charge is 2.31. The van der Waals surface area contributed by atoms with Crippen molar-refractivity contribution >= 4 is 17.4 Å². The number of aryl methyl sites for hydroxylation is 1. The monoisotopic (exact) mass is 290 g/mol. The second-order valence-corrected chi connectivity index (χ2v) is 4.26. The molecule has 8 heteroatoms. The van der Waals surface area contributed by atoms with Crippen LogP contribution in [0.15, 0.2) is 18.3 Å². The first-order valence-corrected chi connectivity index (χ1v) is 5.78. The molecule has 102 valence electrons. The summed E-state index contributed by atoms with van der Waals surface area (Å²) in [6.07, 6.45) is -3.16. The first-order valence-electron chi connectivity index (χ1n) is 5.40. The van der Waals surface area contributed by atoms with Gasteiger partial charge in [0.2, 0.25) is 0 Å². The van der Waals surface area contributed by atoms with Gasteiger partial charge in [0.15, 0.2) is 5.82 Å². The molecule has 0 radical (unpaired) electrons. The van der Waals surface area contributed by atoms with Crippen LogP contribution in [0.4, 0.5) is 19.0 Å². The highest BCUT2D eigenvalue weighted by molar-refractivity contribution is 6.32. The van der Waals surface area contributed by atoms with Crippen LogP contribution in [0.25, 0.3) is 5.82 Å². The molecular weight excluding hydrogens is 281 g/mol. The molecule has 0 saturated carbocycles. The third-order valence-corrected chi connectivity index (χ3v) is 2.79. The number of nitrogen functional groups attached to an aromatic ring is 1. The van der Waals surface area contributed by atoms with E-state index >= 15 is 0 Å². The zero-order chi connectivity index (χ0) is 14.2. The van der Waals surface area contributed by atoms with Crippen LogP contribution >= 0.6 is 11.6 Å².